The van der Waals surface area contributed by atoms with Gasteiger partial charge in [0.05, 0.1) is 0 Å². The van der Waals surface area contributed by atoms with E-state index in [4.69, 9.17) is 0 Å². The van der Waals surface area contributed by atoms with E-state index in [1.165, 1.54) is 0 Å². The number of nitrogens with zero attached hydrogens (tertiary/aromatic N) is 2. The van der Waals surface area contributed by atoms with Gasteiger partial charge in [-0.15, -0.1) is 0 Å². The molecule has 0 bridgehead atoms. The first kappa shape index (κ1) is 11.1. The van der Waals surface area contributed by atoms with Crippen molar-refractivity contribution in [2.75, 3.05) is 19.6 Å². The molecule has 0 radical (unpaired) electrons. The van der Waals surface area contributed by atoms with Crippen molar-refractivity contribution in [3.8, 4) is 0 Å². The van der Waals surface area contributed by atoms with E-state index in [2.05, 4.69) is 5.32 Å². The van der Waals surface area contributed by atoms with Crippen LogP contribution in [-0.2, 0) is 0 Å². The van der Waals surface area contributed by atoms with Gasteiger partial charge in [-0.1, -0.05) is 13.3 Å². The van der Waals surface area contributed by atoms with Gasteiger partial charge in [0.1, 0.15) is 0 Å². The van der Waals surface area contributed by atoms with E-state index in [9.17, 15) is 4.79 Å². The van der Waals surface area contributed by atoms with E-state index >= 15 is 0 Å². The molecule has 0 aromatic rings. The Morgan fingerprint density at radius 2 is 2.40 bits per heavy atom. The third-order valence-electron chi connectivity index (χ3n) is 1.49. The molecule has 0 aliphatic carbocycles. The number of amides is 2. The minimum absolute atomic E-state index is 0. The summed E-state index contributed by atoms with van der Waals surface area (Å²) in [4.78, 5) is 12.5. The van der Waals surface area contributed by atoms with Crippen LogP contribution < -0.4 is 58.2 Å². The third-order valence-corrected chi connectivity index (χ3v) is 1.49. The van der Waals surface area contributed by atoms with Crippen LogP contribution in [-0.4, -0.2) is 30.6 Å². The zero-order valence-electron chi connectivity index (χ0n) is 6.63. The van der Waals surface area contributed by atoms with Gasteiger partial charge in [-0.3, -0.25) is 4.79 Å². The van der Waals surface area contributed by atoms with Crippen LogP contribution in [0.25, 0.3) is 5.32 Å². The van der Waals surface area contributed by atoms with Crippen LogP contribution in [0.5, 0.6) is 0 Å². The second-order valence-corrected chi connectivity index (χ2v) is 2.10. The Morgan fingerprint density at radius 1 is 1.70 bits per heavy atom. The van der Waals surface area contributed by atoms with Gasteiger partial charge in [-0.05, 0) is 19.6 Å². The van der Waals surface area contributed by atoms with Crippen molar-refractivity contribution >= 4 is 6.03 Å². The smallest absolute Gasteiger partial charge is 0.437 e. The second-order valence-electron chi connectivity index (χ2n) is 2.10. The van der Waals surface area contributed by atoms with Crippen molar-refractivity contribution in [2.45, 2.75) is 13.3 Å². The Kier molecular flexibility index (Phi) is 6.30. The van der Waals surface area contributed by atoms with Gasteiger partial charge < -0.3 is 10.2 Å². The van der Waals surface area contributed by atoms with Gasteiger partial charge in [0.2, 0.25) is 0 Å². The van der Waals surface area contributed by atoms with Gasteiger partial charge in [0.25, 0.3) is 0 Å². The minimum Gasteiger partial charge on any atom is -0.437 e. The van der Waals surface area contributed by atoms with Crippen LogP contribution in [0.3, 0.4) is 0 Å². The van der Waals surface area contributed by atoms with E-state index in [1.54, 1.807) is 4.90 Å². The average molecular weight is 213 g/mol. The van der Waals surface area contributed by atoms with E-state index < -0.39 is 0 Å². The molecule has 1 fully saturated rings. The largest absolute Gasteiger partial charge is 1.00 e. The molecule has 0 spiro atoms. The SMILES string of the molecule is CCN1CCC[N-]C1=O.[Rb+]. The van der Waals surface area contributed by atoms with Crippen molar-refractivity contribution in [3.05, 3.63) is 5.32 Å². The van der Waals surface area contributed by atoms with Crippen LogP contribution in [0.15, 0.2) is 0 Å². The fraction of sp³-hybridized carbons (Fsp3) is 0.833. The standard InChI is InChI=1S/C6H12N2O.Rb/c1-2-8-5-3-4-7-6(8)9;/h2-5H2,1H3,(H,7,9);/q;+1/p-1. The molecule has 0 N–H and O–H groups in total. The molecule has 0 atom stereocenters. The Bertz CT molecular complexity index is 118. The summed E-state index contributed by atoms with van der Waals surface area (Å²) in [5.41, 5.74) is 0. The van der Waals surface area contributed by atoms with E-state index in [0.717, 1.165) is 26.1 Å². The van der Waals surface area contributed by atoms with Gasteiger partial charge in [-0.2, -0.15) is 0 Å². The Balaban J connectivity index is 0.000000810. The maximum absolute atomic E-state index is 10.8. The number of hydrogen-bond donors (Lipinski definition) is 0. The molecule has 0 aromatic carbocycles. The maximum Gasteiger partial charge on any atom is 1.00 e. The first-order valence-electron chi connectivity index (χ1n) is 3.31. The Hall–Kier alpha value is 1.08. The molecule has 2 amide bonds. The van der Waals surface area contributed by atoms with E-state index in [-0.39, 0.29) is 64.2 Å². The summed E-state index contributed by atoms with van der Waals surface area (Å²) in [6.07, 6.45) is 1.03. The predicted octanol–water partition coefficient (Wildman–Crippen LogP) is -1.79. The summed E-state index contributed by atoms with van der Waals surface area (Å²) in [5, 5.41) is 3.77. The molecular formula is C6H11N2ORb. The minimum atomic E-state index is -0.0382. The number of hydrogen-bond acceptors (Lipinski definition) is 1. The Labute approximate surface area is 110 Å². The van der Waals surface area contributed by atoms with Crippen LogP contribution in [0.4, 0.5) is 4.79 Å². The van der Waals surface area contributed by atoms with Gasteiger partial charge in [-0.25, -0.2) is 0 Å². The van der Waals surface area contributed by atoms with Crippen molar-refractivity contribution < 1.29 is 63.0 Å². The van der Waals surface area contributed by atoms with Crippen molar-refractivity contribution in [3.63, 3.8) is 0 Å². The number of urea groups is 1. The molecule has 1 aliphatic heterocycles. The number of carbonyl (C=O) groups excluding carboxylic acids is 1. The summed E-state index contributed by atoms with van der Waals surface area (Å²) < 4.78 is 0. The predicted molar refractivity (Wildman–Crippen MR) is 35.5 cm³/mol. The molecule has 10 heavy (non-hydrogen) atoms. The molecule has 0 saturated carbocycles. The number of carbonyl (C=O) groups is 1. The molecule has 1 saturated heterocycles. The zero-order valence-corrected chi connectivity index (χ0v) is 11.5. The average Bonchev–Trinajstić information content (AvgIpc) is 1.89. The van der Waals surface area contributed by atoms with Crippen molar-refractivity contribution in [1.29, 1.82) is 0 Å². The molecule has 0 unspecified atom stereocenters. The number of rotatable bonds is 1. The van der Waals surface area contributed by atoms with Crippen LogP contribution in [0.2, 0.25) is 0 Å². The summed E-state index contributed by atoms with van der Waals surface area (Å²) in [7, 11) is 0. The monoisotopic (exact) mass is 212 g/mol. The second kappa shape index (κ2) is 5.69. The van der Waals surface area contributed by atoms with Crippen LogP contribution >= 0.6 is 0 Å². The first-order valence-corrected chi connectivity index (χ1v) is 3.31. The van der Waals surface area contributed by atoms with Crippen LogP contribution in [0, 0.1) is 0 Å². The first-order chi connectivity index (χ1) is 4.34. The normalized spacial score (nSPS) is 17.7. The molecule has 3 nitrogen and oxygen atoms in total. The van der Waals surface area contributed by atoms with Crippen molar-refractivity contribution in [2.24, 2.45) is 0 Å². The Morgan fingerprint density at radius 3 is 2.80 bits per heavy atom. The van der Waals surface area contributed by atoms with Gasteiger partial charge >= 0.3 is 58.2 Å². The summed E-state index contributed by atoms with van der Waals surface area (Å²) in [6, 6.07) is -0.0382. The summed E-state index contributed by atoms with van der Waals surface area (Å²) >= 11 is 0. The molecule has 1 rings (SSSR count). The summed E-state index contributed by atoms with van der Waals surface area (Å²) in [5.74, 6) is 0. The fourth-order valence-corrected chi connectivity index (χ4v) is 0.925. The summed E-state index contributed by atoms with van der Waals surface area (Å²) in [6.45, 7) is 4.37. The van der Waals surface area contributed by atoms with E-state index in [1.807, 2.05) is 6.92 Å². The maximum atomic E-state index is 10.8. The van der Waals surface area contributed by atoms with Crippen molar-refractivity contribution in [1.82, 2.24) is 4.90 Å². The zero-order chi connectivity index (χ0) is 6.69. The van der Waals surface area contributed by atoms with Crippen LogP contribution in [0.1, 0.15) is 13.3 Å². The van der Waals surface area contributed by atoms with Gasteiger partial charge in [0.15, 0.2) is 6.03 Å². The third kappa shape index (κ3) is 2.99. The molecule has 0 aromatic heterocycles. The fourth-order valence-electron chi connectivity index (χ4n) is 0.925. The molecule has 4 heteroatoms. The molecule has 1 heterocycles. The quantitative estimate of drug-likeness (QED) is 0.506. The topological polar surface area (TPSA) is 34.4 Å². The molecule has 52 valence electrons. The van der Waals surface area contributed by atoms with E-state index in [0.29, 0.717) is 0 Å². The molecular weight excluding hydrogens is 202 g/mol. The van der Waals surface area contributed by atoms with Gasteiger partial charge in [0, 0.05) is 0 Å². The molecule has 1 aliphatic rings.